The number of rotatable bonds is 1. The van der Waals surface area contributed by atoms with Crippen LogP contribution in [0.2, 0.25) is 0 Å². The molecule has 0 atom stereocenters. The molecular weight excluding hydrogens is 184 g/mol. The van der Waals surface area contributed by atoms with Gasteiger partial charge in [0.25, 0.3) is 0 Å². The van der Waals surface area contributed by atoms with Crippen LogP contribution in [-0.4, -0.2) is 11.4 Å². The Morgan fingerprint density at radius 3 is 1.73 bits per heavy atom. The zero-order valence-corrected chi connectivity index (χ0v) is 8.22. The molecule has 0 unspecified atom stereocenters. The molecule has 2 aromatic carbocycles. The Morgan fingerprint density at radius 2 is 1.27 bits per heavy atom. The summed E-state index contributed by atoms with van der Waals surface area (Å²) in [5.74, 6) is 0. The molecule has 3 aromatic rings. The second-order valence-corrected chi connectivity index (χ2v) is 3.49. The van der Waals surface area contributed by atoms with Gasteiger partial charge in [-0.05, 0) is 12.1 Å². The Morgan fingerprint density at radius 1 is 0.800 bits per heavy atom. The summed E-state index contributed by atoms with van der Waals surface area (Å²) in [5.41, 5.74) is 2.21. The zero-order chi connectivity index (χ0) is 10.3. The van der Waals surface area contributed by atoms with E-state index in [1.54, 1.807) is 0 Å². The minimum absolute atomic E-state index is 1.11. The van der Waals surface area contributed by atoms with E-state index < -0.39 is 0 Å². The van der Waals surface area contributed by atoms with Crippen molar-refractivity contribution in [3.8, 4) is 0 Å². The molecule has 3 rings (SSSR count). The predicted molar refractivity (Wildman–Crippen MR) is 64.4 cm³/mol. The highest BCUT2D eigenvalue weighted by molar-refractivity contribution is 6.07. The maximum atomic E-state index is 4.05. The molecule has 1 heterocycles. The third-order valence-corrected chi connectivity index (χ3v) is 2.70. The molecule has 2 nitrogen and oxygen atoms in total. The van der Waals surface area contributed by atoms with E-state index in [2.05, 4.69) is 36.1 Å². The molecule has 0 N–H and O–H groups in total. The highest BCUT2D eigenvalue weighted by atomic mass is 15.3. The first-order valence-corrected chi connectivity index (χ1v) is 4.87. The Bertz CT molecular complexity index is 596. The average Bonchev–Trinajstić information content (AvgIpc) is 2.63. The maximum absolute atomic E-state index is 4.05. The summed E-state index contributed by atoms with van der Waals surface area (Å²) in [6, 6.07) is 16.5. The number of fused-ring (bicyclic) bond motifs is 3. The molecule has 15 heavy (non-hydrogen) atoms. The summed E-state index contributed by atoms with van der Waals surface area (Å²) in [6.07, 6.45) is 0. The van der Waals surface area contributed by atoms with Gasteiger partial charge in [-0.15, -0.1) is 0 Å². The molecule has 1 aromatic heterocycles. The smallest absolute Gasteiger partial charge is 0.0731 e. The molecule has 0 radical (unpaired) electrons. The van der Waals surface area contributed by atoms with Gasteiger partial charge in [-0.1, -0.05) is 36.4 Å². The van der Waals surface area contributed by atoms with Gasteiger partial charge in [0.15, 0.2) is 0 Å². The van der Waals surface area contributed by atoms with Crippen molar-refractivity contribution in [2.24, 2.45) is 5.10 Å². The van der Waals surface area contributed by atoms with Gasteiger partial charge in [-0.25, -0.2) is 4.68 Å². The van der Waals surface area contributed by atoms with Crippen molar-refractivity contribution < 1.29 is 0 Å². The van der Waals surface area contributed by atoms with Crippen molar-refractivity contribution in [2.45, 2.75) is 0 Å². The fourth-order valence-corrected chi connectivity index (χ4v) is 2.05. The van der Waals surface area contributed by atoms with E-state index in [0.717, 1.165) is 11.0 Å². The SMILES string of the molecule is C=Nn1c2ccccc2c2ccccc21. The number of hydrogen-bond donors (Lipinski definition) is 0. The average molecular weight is 194 g/mol. The van der Waals surface area contributed by atoms with Gasteiger partial charge in [0.2, 0.25) is 0 Å². The number of hydrogen-bond acceptors (Lipinski definition) is 1. The van der Waals surface area contributed by atoms with Crippen LogP contribution in [-0.2, 0) is 0 Å². The first-order valence-electron chi connectivity index (χ1n) is 4.87. The first kappa shape index (κ1) is 8.24. The third-order valence-electron chi connectivity index (χ3n) is 2.70. The van der Waals surface area contributed by atoms with Crippen LogP contribution in [0.15, 0.2) is 53.6 Å². The van der Waals surface area contributed by atoms with E-state index in [-0.39, 0.29) is 0 Å². The maximum Gasteiger partial charge on any atom is 0.0731 e. The van der Waals surface area contributed by atoms with E-state index in [0.29, 0.717) is 0 Å². The van der Waals surface area contributed by atoms with Gasteiger partial charge in [0.05, 0.1) is 11.0 Å². The van der Waals surface area contributed by atoms with Crippen LogP contribution in [0, 0.1) is 0 Å². The molecule has 0 spiro atoms. The van der Waals surface area contributed by atoms with Gasteiger partial charge in [0.1, 0.15) is 0 Å². The lowest BCUT2D eigenvalue weighted by Crippen LogP contribution is -1.84. The van der Waals surface area contributed by atoms with Crippen molar-refractivity contribution in [3.05, 3.63) is 48.5 Å². The quantitative estimate of drug-likeness (QED) is 0.529. The Kier molecular flexibility index (Phi) is 1.62. The van der Waals surface area contributed by atoms with Crippen LogP contribution < -0.4 is 0 Å². The summed E-state index contributed by atoms with van der Waals surface area (Å²) in [6.45, 7) is 3.62. The van der Waals surface area contributed by atoms with Crippen LogP contribution in [0.4, 0.5) is 0 Å². The first-order chi connectivity index (χ1) is 7.42. The minimum atomic E-state index is 1.11. The van der Waals surface area contributed by atoms with Gasteiger partial charge < -0.3 is 0 Å². The van der Waals surface area contributed by atoms with Crippen molar-refractivity contribution in [1.29, 1.82) is 0 Å². The summed E-state index contributed by atoms with van der Waals surface area (Å²) in [4.78, 5) is 0. The normalized spacial score (nSPS) is 10.9. The minimum Gasteiger partial charge on any atom is -0.233 e. The molecule has 0 aliphatic rings. The Hall–Kier alpha value is -2.09. The predicted octanol–water partition coefficient (Wildman–Crippen LogP) is 3.26. The lowest BCUT2D eigenvalue weighted by atomic mass is 10.2. The van der Waals surface area contributed by atoms with E-state index >= 15 is 0 Å². The molecule has 0 aliphatic heterocycles. The van der Waals surface area contributed by atoms with E-state index in [9.17, 15) is 0 Å². The monoisotopic (exact) mass is 194 g/mol. The molecule has 72 valence electrons. The topological polar surface area (TPSA) is 17.3 Å². The molecule has 0 saturated carbocycles. The molecule has 0 aliphatic carbocycles. The fourth-order valence-electron chi connectivity index (χ4n) is 2.05. The van der Waals surface area contributed by atoms with E-state index in [1.165, 1.54) is 10.8 Å². The van der Waals surface area contributed by atoms with Crippen LogP contribution in [0.5, 0.6) is 0 Å². The summed E-state index contributed by atoms with van der Waals surface area (Å²) >= 11 is 0. The Balaban J connectivity index is 2.68. The van der Waals surface area contributed by atoms with Gasteiger partial charge >= 0.3 is 0 Å². The fraction of sp³-hybridized carbons (Fsp3) is 0. The molecule has 0 saturated heterocycles. The molecular formula is C13H10N2. The van der Waals surface area contributed by atoms with Crippen LogP contribution in [0.25, 0.3) is 21.8 Å². The third kappa shape index (κ3) is 1.02. The largest absolute Gasteiger partial charge is 0.233 e. The Labute approximate surface area is 87.4 Å². The molecule has 0 fully saturated rings. The number of benzene rings is 2. The van der Waals surface area contributed by atoms with Crippen LogP contribution in [0.3, 0.4) is 0 Å². The molecule has 2 heteroatoms. The van der Waals surface area contributed by atoms with Gasteiger partial charge in [-0.2, -0.15) is 5.10 Å². The van der Waals surface area contributed by atoms with Gasteiger partial charge in [-0.3, -0.25) is 0 Å². The van der Waals surface area contributed by atoms with E-state index in [1.807, 2.05) is 28.9 Å². The number of para-hydroxylation sites is 2. The lowest BCUT2D eigenvalue weighted by Gasteiger charge is -1.96. The summed E-state index contributed by atoms with van der Waals surface area (Å²) in [5, 5.41) is 6.50. The molecule has 0 bridgehead atoms. The van der Waals surface area contributed by atoms with Gasteiger partial charge in [0, 0.05) is 17.5 Å². The van der Waals surface area contributed by atoms with Crippen molar-refractivity contribution in [3.63, 3.8) is 0 Å². The summed E-state index contributed by atoms with van der Waals surface area (Å²) < 4.78 is 1.88. The van der Waals surface area contributed by atoms with E-state index in [4.69, 9.17) is 0 Å². The highest BCUT2D eigenvalue weighted by Crippen LogP contribution is 2.28. The van der Waals surface area contributed by atoms with Crippen molar-refractivity contribution in [2.75, 3.05) is 0 Å². The second-order valence-electron chi connectivity index (χ2n) is 3.49. The molecule has 0 amide bonds. The standard InChI is InChI=1S/C13H10N2/c1-14-15-12-8-4-2-6-10(12)11-7-3-5-9-13(11)15/h2-9H,1H2. The van der Waals surface area contributed by atoms with Crippen molar-refractivity contribution in [1.82, 2.24) is 4.68 Å². The lowest BCUT2D eigenvalue weighted by molar-refractivity contribution is 0.981. The van der Waals surface area contributed by atoms with Crippen LogP contribution in [0.1, 0.15) is 0 Å². The highest BCUT2D eigenvalue weighted by Gasteiger charge is 2.07. The number of nitrogens with zero attached hydrogens (tertiary/aromatic N) is 2. The van der Waals surface area contributed by atoms with Crippen molar-refractivity contribution >= 4 is 28.5 Å². The number of aromatic nitrogens is 1. The second kappa shape index (κ2) is 2.95. The van der Waals surface area contributed by atoms with Crippen LogP contribution >= 0.6 is 0 Å². The zero-order valence-electron chi connectivity index (χ0n) is 8.22. The summed E-state index contributed by atoms with van der Waals surface area (Å²) in [7, 11) is 0.